The van der Waals surface area contributed by atoms with Gasteiger partial charge in [0.1, 0.15) is 0 Å². The number of halogens is 1. The predicted molar refractivity (Wildman–Crippen MR) is 157 cm³/mol. The Morgan fingerprint density at radius 3 is 2.49 bits per heavy atom. The molecule has 10 heteroatoms. The van der Waals surface area contributed by atoms with Crippen molar-refractivity contribution in [2.45, 2.75) is 64.6 Å². The number of aliphatic hydroxyl groups excluding tert-OH is 1. The Morgan fingerprint density at radius 1 is 1.11 bits per heavy atom. The fourth-order valence-corrected chi connectivity index (χ4v) is 5.99. The second kappa shape index (κ2) is 14.8. The van der Waals surface area contributed by atoms with Gasteiger partial charge in [0.2, 0.25) is 0 Å². The molecule has 1 fully saturated rings. The van der Waals surface area contributed by atoms with Crippen LogP contribution in [-0.4, -0.2) is 63.7 Å². The van der Waals surface area contributed by atoms with Crippen molar-refractivity contribution in [1.29, 1.82) is 0 Å². The van der Waals surface area contributed by atoms with Crippen molar-refractivity contribution in [1.82, 2.24) is 10.6 Å². The second-order valence-corrected chi connectivity index (χ2v) is 11.6. The number of aliphatic hydroxyl groups is 1. The number of rotatable bonds is 12. The number of hydrogen-bond donors (Lipinski definition) is 6. The second-order valence-electron chi connectivity index (χ2n) is 9.50. The first-order chi connectivity index (χ1) is 17.2. The molecular weight excluding hydrogens is 512 g/mol. The van der Waals surface area contributed by atoms with Gasteiger partial charge in [-0.05, 0) is 63.3 Å². The number of carbonyl (C=O) groups is 1. The van der Waals surface area contributed by atoms with Crippen LogP contribution in [0.2, 0.25) is 0 Å². The highest BCUT2D eigenvalue weighted by Crippen LogP contribution is 2.50. The molecule has 0 bridgehead atoms. The molecule has 6 N–H and O–H groups in total. The largest absolute Gasteiger partial charge is 0.390 e. The highest BCUT2D eigenvalue weighted by molar-refractivity contribution is 8.25. The lowest BCUT2D eigenvalue weighted by atomic mass is 10.00. The van der Waals surface area contributed by atoms with Crippen LogP contribution in [0.5, 0.6) is 0 Å². The smallest absolute Gasteiger partial charge is 0.251 e. The maximum absolute atomic E-state index is 13.5. The highest BCUT2D eigenvalue weighted by Gasteiger charge is 2.28. The minimum atomic E-state index is -2.92. The van der Waals surface area contributed by atoms with Gasteiger partial charge in [0.15, 0.2) is 0 Å². The first-order valence-electron chi connectivity index (χ1n) is 12.9. The van der Waals surface area contributed by atoms with Crippen molar-refractivity contribution in [2.75, 3.05) is 35.0 Å². The van der Waals surface area contributed by atoms with Gasteiger partial charge in [-0.3, -0.25) is 18.2 Å². The van der Waals surface area contributed by atoms with E-state index >= 15 is 0 Å². The molecule has 8 nitrogen and oxygen atoms in total. The molecule has 0 spiro atoms. The number of nitrogens with zero attached hydrogens (tertiary/aromatic N) is 1. The molecule has 208 valence electrons. The zero-order valence-electron chi connectivity index (χ0n) is 22.0. The molecule has 0 saturated carbocycles. The molecule has 0 aromatic heterocycles. The number of benzene rings is 2. The minimum Gasteiger partial charge on any atom is -0.390 e. The van der Waals surface area contributed by atoms with Crippen LogP contribution in [0.25, 0.3) is 0 Å². The maximum Gasteiger partial charge on any atom is 0.251 e. The number of amides is 1. The van der Waals surface area contributed by atoms with E-state index in [0.717, 1.165) is 30.5 Å². The fraction of sp³-hybridized carbons (Fsp3) is 0.519. The molecule has 1 unspecified atom stereocenters. The lowest BCUT2D eigenvalue weighted by Crippen LogP contribution is -2.49. The predicted octanol–water partition coefficient (Wildman–Crippen LogP) is 4.90. The normalized spacial score (nSPS) is 18.2. The summed E-state index contributed by atoms with van der Waals surface area (Å²) in [6, 6.07) is 14.9. The summed E-state index contributed by atoms with van der Waals surface area (Å²) in [6.07, 6.45) is 2.27. The third-order valence-electron chi connectivity index (χ3n) is 6.60. The number of anilines is 2. The summed E-state index contributed by atoms with van der Waals surface area (Å²) in [5, 5.41) is 20.6. The molecule has 1 heterocycles. The summed E-state index contributed by atoms with van der Waals surface area (Å²) in [4.78, 5) is 13.5. The monoisotopic (exact) mass is 554 g/mol. The van der Waals surface area contributed by atoms with Gasteiger partial charge in [0, 0.05) is 36.9 Å². The quantitative estimate of drug-likeness (QED) is 0.221. The van der Waals surface area contributed by atoms with Gasteiger partial charge in [0.25, 0.3) is 5.91 Å². The lowest BCUT2D eigenvalue weighted by molar-refractivity contribution is 0.0825. The van der Waals surface area contributed by atoms with Crippen LogP contribution in [0.15, 0.2) is 48.5 Å². The molecule has 1 aliphatic heterocycles. The maximum atomic E-state index is 13.5. The Kier molecular flexibility index (Phi) is 12.5. The van der Waals surface area contributed by atoms with Crippen LogP contribution in [0, 0.1) is 0 Å². The summed E-state index contributed by atoms with van der Waals surface area (Å²) in [6.45, 7) is 7.67. The van der Waals surface area contributed by atoms with E-state index < -0.39 is 22.9 Å². The highest BCUT2D eigenvalue weighted by atomic mass is 35.5. The molecule has 2 aromatic rings. The zero-order valence-corrected chi connectivity index (χ0v) is 23.7. The van der Waals surface area contributed by atoms with Crippen LogP contribution in [-0.2, 0) is 6.42 Å². The van der Waals surface area contributed by atoms with Crippen LogP contribution in [0.4, 0.5) is 11.4 Å². The first-order valence-corrected chi connectivity index (χ1v) is 14.6. The molecule has 2 aromatic carbocycles. The minimum absolute atomic E-state index is 0. The first kappa shape index (κ1) is 31.2. The number of nitrogens with one attached hydrogen (secondary N) is 3. The van der Waals surface area contributed by atoms with Crippen molar-refractivity contribution < 1.29 is 19.0 Å². The molecule has 37 heavy (non-hydrogen) atoms. The molecule has 0 radical (unpaired) electrons. The van der Waals surface area contributed by atoms with E-state index in [-0.39, 0.29) is 24.4 Å². The van der Waals surface area contributed by atoms with Gasteiger partial charge in [-0.1, -0.05) is 37.3 Å². The third kappa shape index (κ3) is 9.05. The van der Waals surface area contributed by atoms with E-state index in [0.29, 0.717) is 43.1 Å². The van der Waals surface area contributed by atoms with E-state index in [1.54, 1.807) is 16.4 Å². The molecule has 1 amide bonds. The van der Waals surface area contributed by atoms with E-state index in [9.17, 15) is 19.0 Å². The van der Waals surface area contributed by atoms with Crippen LogP contribution >= 0.6 is 23.2 Å². The molecular formula is C27H43ClN4O4S. The van der Waals surface area contributed by atoms with Crippen molar-refractivity contribution in [2.24, 2.45) is 0 Å². The van der Waals surface area contributed by atoms with Crippen molar-refractivity contribution in [3.63, 3.8) is 0 Å². The number of carbonyl (C=O) groups excluding carboxylic acids is 1. The lowest BCUT2D eigenvalue weighted by Gasteiger charge is -2.47. The van der Waals surface area contributed by atoms with E-state index in [2.05, 4.69) is 29.8 Å². The molecule has 1 aliphatic rings. The zero-order chi connectivity index (χ0) is 26.1. The Morgan fingerprint density at radius 2 is 1.84 bits per heavy atom. The summed E-state index contributed by atoms with van der Waals surface area (Å²) < 4.78 is 22.9. The van der Waals surface area contributed by atoms with Crippen LogP contribution in [0.3, 0.4) is 0 Å². The van der Waals surface area contributed by atoms with Gasteiger partial charge in [0.05, 0.1) is 23.6 Å². The van der Waals surface area contributed by atoms with Crippen LogP contribution < -0.4 is 20.3 Å². The SMILES string of the molecule is CCNc1cc(C(=O)N[C@@H](Cc2ccccc2)[C@@H](O)CNC(C)CC)cc(N2CCCCS2(O)O)c1.Cl. The average molecular weight is 555 g/mol. The van der Waals surface area contributed by atoms with Gasteiger partial charge in [-0.2, -0.15) is 0 Å². The summed E-state index contributed by atoms with van der Waals surface area (Å²) in [5.41, 5.74) is 2.77. The van der Waals surface area contributed by atoms with Gasteiger partial charge in [-0.25, -0.2) is 0 Å². The van der Waals surface area contributed by atoms with E-state index in [1.807, 2.05) is 43.3 Å². The molecule has 3 rings (SSSR count). The summed E-state index contributed by atoms with van der Waals surface area (Å²) >= 11 is 0. The summed E-state index contributed by atoms with van der Waals surface area (Å²) in [5.74, 6) is 0.0158. The molecule has 1 saturated heterocycles. The fourth-order valence-electron chi connectivity index (χ4n) is 4.31. The van der Waals surface area contributed by atoms with Gasteiger partial charge in [-0.15, -0.1) is 23.2 Å². The summed E-state index contributed by atoms with van der Waals surface area (Å²) in [7, 11) is -2.92. The Hall–Kier alpha value is -2.01. The van der Waals surface area contributed by atoms with Crippen LogP contribution in [0.1, 0.15) is 56.0 Å². The standard InChI is InChI=1S/C27H42N4O4S.ClH/c1-4-20(3)29-19-26(32)25(15-21-11-7-6-8-12-21)30-27(33)22-16-23(28-5-2)18-24(17-22)31-13-9-10-14-36(31,34)35;/h6-8,11-12,16-18,20,25-26,28-29,32,34-35H,4-5,9-10,13-15,19H2,1-3H3,(H,30,33);1H/t20?,25-,26-;/m0./s1. The molecule has 0 aliphatic carbocycles. The van der Waals surface area contributed by atoms with Crippen molar-refractivity contribution in [3.05, 3.63) is 59.7 Å². The van der Waals surface area contributed by atoms with E-state index in [4.69, 9.17) is 0 Å². The average Bonchev–Trinajstić information content (AvgIpc) is 2.87. The molecule has 3 atom stereocenters. The Labute approximate surface area is 229 Å². The van der Waals surface area contributed by atoms with Gasteiger partial charge < -0.3 is 21.1 Å². The van der Waals surface area contributed by atoms with Gasteiger partial charge >= 0.3 is 0 Å². The Bertz CT molecular complexity index is 982. The Balaban J connectivity index is 0.00000481. The third-order valence-corrected chi connectivity index (χ3v) is 8.53. The number of hydrogen-bond acceptors (Lipinski definition) is 7. The topological polar surface area (TPSA) is 117 Å². The van der Waals surface area contributed by atoms with Crippen molar-refractivity contribution >= 4 is 40.5 Å². The van der Waals surface area contributed by atoms with E-state index in [1.165, 1.54) is 0 Å². The van der Waals surface area contributed by atoms with Crippen molar-refractivity contribution in [3.8, 4) is 0 Å².